The van der Waals surface area contributed by atoms with E-state index in [2.05, 4.69) is 5.32 Å². The Balaban J connectivity index is 2.90. The third kappa shape index (κ3) is 4.13. The highest BCUT2D eigenvalue weighted by Crippen LogP contribution is 2.34. The van der Waals surface area contributed by atoms with Crippen molar-refractivity contribution in [3.8, 4) is 5.75 Å². The Morgan fingerprint density at radius 3 is 2.68 bits per heavy atom. The van der Waals surface area contributed by atoms with Crippen LogP contribution < -0.4 is 10.1 Å². The molecular formula is C12H16N2O5. The molecule has 104 valence electrons. The average Bonchev–Trinajstić information content (AvgIpc) is 2.37. The van der Waals surface area contributed by atoms with E-state index >= 15 is 0 Å². The first kappa shape index (κ1) is 14.7. The Bertz CT molecular complexity index is 461. The molecule has 1 N–H and O–H groups in total. The van der Waals surface area contributed by atoms with Crippen molar-refractivity contribution in [2.24, 2.45) is 0 Å². The fraction of sp³-hybridized carbons (Fsp3) is 0.417. The van der Waals surface area contributed by atoms with Crippen molar-refractivity contribution in [2.45, 2.75) is 13.8 Å². The molecule has 0 spiro atoms. The van der Waals surface area contributed by atoms with Gasteiger partial charge in [0, 0.05) is 0 Å². The molecule has 0 aliphatic rings. The first-order valence-electron chi connectivity index (χ1n) is 5.89. The van der Waals surface area contributed by atoms with Crippen LogP contribution in [0.25, 0.3) is 0 Å². The van der Waals surface area contributed by atoms with Gasteiger partial charge in [0.05, 0.1) is 18.1 Å². The topological polar surface area (TPSA) is 90.7 Å². The summed E-state index contributed by atoms with van der Waals surface area (Å²) in [4.78, 5) is 21.7. The predicted molar refractivity (Wildman–Crippen MR) is 69.4 cm³/mol. The molecule has 0 aliphatic heterocycles. The zero-order chi connectivity index (χ0) is 14.3. The number of carbonyl (C=O) groups excluding carboxylic acids is 1. The summed E-state index contributed by atoms with van der Waals surface area (Å²) in [6.45, 7) is 3.88. The number of carbonyl (C=O) groups is 1. The van der Waals surface area contributed by atoms with Crippen molar-refractivity contribution >= 4 is 17.3 Å². The van der Waals surface area contributed by atoms with Gasteiger partial charge in [0.15, 0.2) is 5.75 Å². The van der Waals surface area contributed by atoms with E-state index in [1.807, 2.05) is 0 Å². The van der Waals surface area contributed by atoms with Crippen LogP contribution in [0.5, 0.6) is 5.75 Å². The molecule has 0 heterocycles. The minimum absolute atomic E-state index is 0.135. The van der Waals surface area contributed by atoms with E-state index in [0.29, 0.717) is 6.61 Å². The van der Waals surface area contributed by atoms with Crippen molar-refractivity contribution < 1.29 is 19.2 Å². The van der Waals surface area contributed by atoms with Gasteiger partial charge < -0.3 is 14.8 Å². The van der Waals surface area contributed by atoms with Gasteiger partial charge in [-0.2, -0.15) is 0 Å². The van der Waals surface area contributed by atoms with E-state index in [9.17, 15) is 14.9 Å². The summed E-state index contributed by atoms with van der Waals surface area (Å²) in [7, 11) is 0. The van der Waals surface area contributed by atoms with Crippen molar-refractivity contribution in [1.82, 2.24) is 0 Å². The molecular weight excluding hydrogens is 252 g/mol. The second-order valence-corrected chi connectivity index (χ2v) is 3.50. The maximum Gasteiger partial charge on any atom is 0.333 e. The molecule has 0 radical (unpaired) electrons. The number of ether oxygens (including phenoxy) is 2. The van der Waals surface area contributed by atoms with E-state index in [0.717, 1.165) is 0 Å². The lowest BCUT2D eigenvalue weighted by molar-refractivity contribution is -0.384. The predicted octanol–water partition coefficient (Wildman–Crippen LogP) is 1.97. The molecule has 19 heavy (non-hydrogen) atoms. The molecule has 1 aromatic rings. The summed E-state index contributed by atoms with van der Waals surface area (Å²) in [6.07, 6.45) is 0. The normalized spacial score (nSPS) is 9.79. The van der Waals surface area contributed by atoms with Gasteiger partial charge in [-0.25, -0.2) is 0 Å². The van der Waals surface area contributed by atoms with Crippen molar-refractivity contribution in [2.75, 3.05) is 25.1 Å². The SMILES string of the molecule is CCOC(=O)CNc1cccc(OCC)c1[N+](=O)[O-]. The number of nitrogens with zero attached hydrogens (tertiary/aromatic N) is 1. The minimum atomic E-state index is -0.543. The molecule has 7 nitrogen and oxygen atoms in total. The smallest absolute Gasteiger partial charge is 0.333 e. The summed E-state index contributed by atoms with van der Waals surface area (Å²) < 4.78 is 9.93. The fourth-order valence-electron chi connectivity index (χ4n) is 1.50. The van der Waals surface area contributed by atoms with Gasteiger partial charge in [-0.05, 0) is 26.0 Å². The lowest BCUT2D eigenvalue weighted by atomic mass is 10.2. The molecule has 7 heteroatoms. The molecule has 0 saturated carbocycles. The first-order chi connectivity index (χ1) is 9.10. The first-order valence-corrected chi connectivity index (χ1v) is 5.89. The van der Waals surface area contributed by atoms with Crippen molar-refractivity contribution in [1.29, 1.82) is 0 Å². The van der Waals surface area contributed by atoms with Gasteiger partial charge in [-0.1, -0.05) is 6.07 Å². The highest BCUT2D eigenvalue weighted by Gasteiger charge is 2.21. The van der Waals surface area contributed by atoms with Gasteiger partial charge in [0.2, 0.25) is 0 Å². The molecule has 0 fully saturated rings. The Hall–Kier alpha value is -2.31. The zero-order valence-corrected chi connectivity index (χ0v) is 10.8. The number of nitrogens with one attached hydrogen (secondary N) is 1. The number of para-hydroxylation sites is 1. The van der Waals surface area contributed by atoms with Crippen LogP contribution in [0.15, 0.2) is 18.2 Å². The van der Waals surface area contributed by atoms with E-state index in [4.69, 9.17) is 9.47 Å². The van der Waals surface area contributed by atoms with Crippen LogP contribution in [0.4, 0.5) is 11.4 Å². The van der Waals surface area contributed by atoms with Crippen molar-refractivity contribution in [3.63, 3.8) is 0 Å². The second-order valence-electron chi connectivity index (χ2n) is 3.50. The second kappa shape index (κ2) is 7.20. The van der Waals surface area contributed by atoms with E-state index in [1.54, 1.807) is 19.9 Å². The minimum Gasteiger partial charge on any atom is -0.487 e. The number of benzene rings is 1. The molecule has 0 saturated heterocycles. The maximum absolute atomic E-state index is 11.2. The van der Waals surface area contributed by atoms with E-state index < -0.39 is 10.9 Å². The summed E-state index contributed by atoms with van der Waals surface area (Å²) in [5.74, 6) is -0.306. The van der Waals surface area contributed by atoms with Crippen LogP contribution in [-0.4, -0.2) is 30.7 Å². The maximum atomic E-state index is 11.2. The number of hydrogen-bond acceptors (Lipinski definition) is 6. The molecule has 0 aromatic heterocycles. The highest BCUT2D eigenvalue weighted by atomic mass is 16.6. The average molecular weight is 268 g/mol. The zero-order valence-electron chi connectivity index (χ0n) is 10.8. The van der Waals surface area contributed by atoms with Crippen LogP contribution in [-0.2, 0) is 9.53 Å². The Morgan fingerprint density at radius 2 is 2.11 bits per heavy atom. The van der Waals surface area contributed by atoms with E-state index in [-0.39, 0.29) is 30.3 Å². The number of anilines is 1. The van der Waals surface area contributed by atoms with Crippen LogP contribution in [0, 0.1) is 10.1 Å². The lowest BCUT2D eigenvalue weighted by Gasteiger charge is -2.09. The Morgan fingerprint density at radius 1 is 1.37 bits per heavy atom. The van der Waals surface area contributed by atoms with Gasteiger partial charge in [-0.3, -0.25) is 14.9 Å². The lowest BCUT2D eigenvalue weighted by Crippen LogP contribution is -2.17. The summed E-state index contributed by atoms with van der Waals surface area (Å²) in [6, 6.07) is 4.64. The van der Waals surface area contributed by atoms with Gasteiger partial charge in [-0.15, -0.1) is 0 Å². The number of nitro groups is 1. The third-order valence-corrected chi connectivity index (χ3v) is 2.21. The Labute approximate surface area is 110 Å². The third-order valence-electron chi connectivity index (χ3n) is 2.21. The molecule has 1 aromatic carbocycles. The molecule has 0 amide bonds. The molecule has 1 rings (SSSR count). The number of esters is 1. The largest absolute Gasteiger partial charge is 0.487 e. The molecule has 0 unspecified atom stereocenters. The van der Waals surface area contributed by atoms with Crippen molar-refractivity contribution in [3.05, 3.63) is 28.3 Å². The van der Waals surface area contributed by atoms with Gasteiger partial charge in [0.1, 0.15) is 12.2 Å². The molecule has 0 aliphatic carbocycles. The fourth-order valence-corrected chi connectivity index (χ4v) is 1.50. The van der Waals surface area contributed by atoms with Gasteiger partial charge >= 0.3 is 11.7 Å². The Kier molecular flexibility index (Phi) is 5.59. The number of nitro benzene ring substituents is 1. The highest BCUT2D eigenvalue weighted by molar-refractivity contribution is 5.78. The molecule has 0 atom stereocenters. The standard InChI is InChI=1S/C12H16N2O5/c1-3-18-10-7-5-6-9(12(10)14(16)17)13-8-11(15)19-4-2/h5-7,13H,3-4,8H2,1-2H3. The van der Waals surface area contributed by atoms with Crippen LogP contribution in [0.2, 0.25) is 0 Å². The number of hydrogen-bond donors (Lipinski definition) is 1. The monoisotopic (exact) mass is 268 g/mol. The van der Waals surface area contributed by atoms with Crippen LogP contribution in [0.3, 0.4) is 0 Å². The summed E-state index contributed by atoms with van der Waals surface area (Å²) >= 11 is 0. The van der Waals surface area contributed by atoms with Gasteiger partial charge in [0.25, 0.3) is 0 Å². The molecule has 0 bridgehead atoms. The van der Waals surface area contributed by atoms with Crippen LogP contribution >= 0.6 is 0 Å². The van der Waals surface area contributed by atoms with E-state index in [1.165, 1.54) is 12.1 Å². The number of rotatable bonds is 7. The quantitative estimate of drug-likeness (QED) is 0.462. The summed E-state index contributed by atoms with van der Waals surface area (Å²) in [5.41, 5.74) is 0.0395. The van der Waals surface area contributed by atoms with Crippen LogP contribution in [0.1, 0.15) is 13.8 Å². The summed E-state index contributed by atoms with van der Waals surface area (Å²) in [5, 5.41) is 13.7.